The van der Waals surface area contributed by atoms with E-state index in [2.05, 4.69) is 17.1 Å². The van der Waals surface area contributed by atoms with Crippen LogP contribution in [0.1, 0.15) is 32.6 Å². The Hall–Kier alpha value is -1.42. The van der Waals surface area contributed by atoms with Crippen LogP contribution < -0.4 is 5.32 Å². The zero-order chi connectivity index (χ0) is 14.4. The molecule has 1 N–H and O–H groups in total. The van der Waals surface area contributed by atoms with E-state index in [9.17, 15) is 9.18 Å². The standard InChI is InChI=1S/C16H23FN2O/c1-2-9-19(12-13-6-7-13)10-8-16(20)18-15-5-3-4-14(17)11-15/h3-5,11,13H,2,6-10,12H2,1H3,(H,18,20). The van der Waals surface area contributed by atoms with Crippen molar-refractivity contribution in [1.29, 1.82) is 0 Å². The lowest BCUT2D eigenvalue weighted by atomic mass is 10.2. The van der Waals surface area contributed by atoms with Gasteiger partial charge in [0.1, 0.15) is 5.82 Å². The molecule has 1 aromatic rings. The van der Waals surface area contributed by atoms with Gasteiger partial charge in [-0.3, -0.25) is 4.79 Å². The summed E-state index contributed by atoms with van der Waals surface area (Å²) in [5.41, 5.74) is 0.527. The third kappa shape index (κ3) is 5.29. The van der Waals surface area contributed by atoms with Crippen LogP contribution in [0.25, 0.3) is 0 Å². The minimum atomic E-state index is -0.329. The van der Waals surface area contributed by atoms with Gasteiger partial charge in [0, 0.05) is 25.2 Å². The molecule has 3 nitrogen and oxygen atoms in total. The molecule has 0 spiro atoms. The fourth-order valence-electron chi connectivity index (χ4n) is 2.33. The van der Waals surface area contributed by atoms with Crippen molar-refractivity contribution in [3.05, 3.63) is 30.1 Å². The van der Waals surface area contributed by atoms with E-state index in [4.69, 9.17) is 0 Å². The lowest BCUT2D eigenvalue weighted by Crippen LogP contribution is -2.30. The Bertz CT molecular complexity index is 446. The number of rotatable bonds is 8. The smallest absolute Gasteiger partial charge is 0.225 e. The van der Waals surface area contributed by atoms with Gasteiger partial charge in [-0.15, -0.1) is 0 Å². The highest BCUT2D eigenvalue weighted by molar-refractivity contribution is 5.90. The number of hydrogen-bond acceptors (Lipinski definition) is 2. The molecule has 20 heavy (non-hydrogen) atoms. The molecule has 1 amide bonds. The van der Waals surface area contributed by atoms with E-state index in [0.717, 1.165) is 32.0 Å². The molecule has 2 rings (SSSR count). The summed E-state index contributed by atoms with van der Waals surface area (Å²) in [7, 11) is 0. The second-order valence-electron chi connectivity index (χ2n) is 5.55. The molecule has 1 fully saturated rings. The predicted molar refractivity (Wildman–Crippen MR) is 79.1 cm³/mol. The maximum atomic E-state index is 13.0. The summed E-state index contributed by atoms with van der Waals surface area (Å²) in [6.45, 7) is 5.10. The molecule has 110 valence electrons. The first-order valence-corrected chi connectivity index (χ1v) is 7.45. The Labute approximate surface area is 120 Å². The molecular formula is C16H23FN2O. The molecule has 0 heterocycles. The van der Waals surface area contributed by atoms with Crippen LogP contribution in [0.15, 0.2) is 24.3 Å². The summed E-state index contributed by atoms with van der Waals surface area (Å²) in [6, 6.07) is 6.01. The number of halogens is 1. The Morgan fingerprint density at radius 1 is 1.40 bits per heavy atom. The lowest BCUT2D eigenvalue weighted by molar-refractivity contribution is -0.116. The van der Waals surface area contributed by atoms with Gasteiger partial charge >= 0.3 is 0 Å². The topological polar surface area (TPSA) is 32.3 Å². The molecule has 1 aromatic carbocycles. The number of anilines is 1. The highest BCUT2D eigenvalue weighted by Crippen LogP contribution is 2.29. The van der Waals surface area contributed by atoms with Gasteiger partial charge in [0.05, 0.1) is 0 Å². The molecule has 1 saturated carbocycles. The molecule has 0 bridgehead atoms. The molecule has 0 saturated heterocycles. The van der Waals surface area contributed by atoms with Crippen molar-refractivity contribution in [2.75, 3.05) is 25.0 Å². The van der Waals surface area contributed by atoms with E-state index in [1.807, 2.05) is 0 Å². The SMILES string of the molecule is CCCN(CCC(=O)Nc1cccc(F)c1)CC1CC1. The average Bonchev–Trinajstić information content (AvgIpc) is 3.20. The molecule has 0 atom stereocenters. The van der Waals surface area contributed by atoms with Gasteiger partial charge < -0.3 is 10.2 Å². The van der Waals surface area contributed by atoms with Crippen molar-refractivity contribution in [3.8, 4) is 0 Å². The maximum absolute atomic E-state index is 13.0. The summed E-state index contributed by atoms with van der Waals surface area (Å²) in [5, 5.41) is 2.74. The summed E-state index contributed by atoms with van der Waals surface area (Å²) in [6.07, 6.45) is 4.23. The quantitative estimate of drug-likeness (QED) is 0.791. The minimum absolute atomic E-state index is 0.0486. The third-order valence-electron chi connectivity index (χ3n) is 3.52. The van der Waals surface area contributed by atoms with Crippen LogP contribution in [0.2, 0.25) is 0 Å². The first kappa shape index (κ1) is 15.0. The molecule has 0 radical (unpaired) electrons. The molecule has 4 heteroatoms. The monoisotopic (exact) mass is 278 g/mol. The second kappa shape index (κ2) is 7.39. The predicted octanol–water partition coefficient (Wildman–Crippen LogP) is 3.28. The molecule has 0 unspecified atom stereocenters. The van der Waals surface area contributed by atoms with Crippen molar-refractivity contribution in [1.82, 2.24) is 4.90 Å². The normalized spacial score (nSPS) is 14.6. The summed E-state index contributed by atoms with van der Waals surface area (Å²) in [4.78, 5) is 14.2. The number of carbonyl (C=O) groups is 1. The number of nitrogens with one attached hydrogen (secondary N) is 1. The van der Waals surface area contributed by atoms with Crippen molar-refractivity contribution in [2.45, 2.75) is 32.6 Å². The Balaban J connectivity index is 1.75. The van der Waals surface area contributed by atoms with Gasteiger partial charge in [0.15, 0.2) is 0 Å². The van der Waals surface area contributed by atoms with Gasteiger partial charge in [0.25, 0.3) is 0 Å². The highest BCUT2D eigenvalue weighted by Gasteiger charge is 2.24. The van der Waals surface area contributed by atoms with Crippen LogP contribution in [0.5, 0.6) is 0 Å². The number of nitrogens with zero attached hydrogens (tertiary/aromatic N) is 1. The number of hydrogen-bond donors (Lipinski definition) is 1. The van der Waals surface area contributed by atoms with Gasteiger partial charge in [-0.1, -0.05) is 13.0 Å². The first-order valence-electron chi connectivity index (χ1n) is 7.45. The lowest BCUT2D eigenvalue weighted by Gasteiger charge is -2.21. The van der Waals surface area contributed by atoms with Gasteiger partial charge in [-0.25, -0.2) is 4.39 Å². The van der Waals surface area contributed by atoms with E-state index < -0.39 is 0 Å². The first-order chi connectivity index (χ1) is 9.67. The summed E-state index contributed by atoms with van der Waals surface area (Å²) in [5.74, 6) is 0.462. The molecule has 1 aliphatic rings. The van der Waals surface area contributed by atoms with Crippen molar-refractivity contribution >= 4 is 11.6 Å². The number of benzene rings is 1. The van der Waals surface area contributed by atoms with E-state index in [0.29, 0.717) is 12.1 Å². The van der Waals surface area contributed by atoms with E-state index in [-0.39, 0.29) is 11.7 Å². The van der Waals surface area contributed by atoms with E-state index in [1.165, 1.54) is 25.0 Å². The number of carbonyl (C=O) groups excluding carboxylic acids is 1. The Morgan fingerprint density at radius 3 is 2.85 bits per heavy atom. The maximum Gasteiger partial charge on any atom is 0.225 e. The average molecular weight is 278 g/mol. The summed E-state index contributed by atoms with van der Waals surface area (Å²) >= 11 is 0. The fourth-order valence-corrected chi connectivity index (χ4v) is 2.33. The Morgan fingerprint density at radius 2 is 2.20 bits per heavy atom. The van der Waals surface area contributed by atoms with E-state index >= 15 is 0 Å². The molecular weight excluding hydrogens is 255 g/mol. The second-order valence-corrected chi connectivity index (χ2v) is 5.55. The number of amides is 1. The van der Waals surface area contributed by atoms with Crippen LogP contribution in [0.3, 0.4) is 0 Å². The van der Waals surface area contributed by atoms with Gasteiger partial charge in [-0.2, -0.15) is 0 Å². The largest absolute Gasteiger partial charge is 0.326 e. The molecule has 0 aliphatic heterocycles. The highest BCUT2D eigenvalue weighted by atomic mass is 19.1. The molecule has 1 aliphatic carbocycles. The fraction of sp³-hybridized carbons (Fsp3) is 0.562. The van der Waals surface area contributed by atoms with Crippen LogP contribution in [-0.2, 0) is 4.79 Å². The van der Waals surface area contributed by atoms with Crippen molar-refractivity contribution in [3.63, 3.8) is 0 Å². The van der Waals surface area contributed by atoms with Gasteiger partial charge in [-0.05, 0) is 49.9 Å². The molecule has 0 aromatic heterocycles. The van der Waals surface area contributed by atoms with Crippen LogP contribution >= 0.6 is 0 Å². The van der Waals surface area contributed by atoms with Crippen molar-refractivity contribution < 1.29 is 9.18 Å². The van der Waals surface area contributed by atoms with Crippen LogP contribution in [0, 0.1) is 11.7 Å². The zero-order valence-corrected chi connectivity index (χ0v) is 12.1. The minimum Gasteiger partial charge on any atom is -0.326 e. The Kier molecular flexibility index (Phi) is 5.53. The third-order valence-corrected chi connectivity index (χ3v) is 3.52. The van der Waals surface area contributed by atoms with E-state index in [1.54, 1.807) is 12.1 Å². The van der Waals surface area contributed by atoms with Crippen molar-refractivity contribution in [2.24, 2.45) is 5.92 Å². The summed E-state index contributed by atoms with van der Waals surface area (Å²) < 4.78 is 13.0. The van der Waals surface area contributed by atoms with Gasteiger partial charge in [0.2, 0.25) is 5.91 Å². The van der Waals surface area contributed by atoms with Crippen LogP contribution in [0.4, 0.5) is 10.1 Å². The van der Waals surface area contributed by atoms with Crippen LogP contribution in [-0.4, -0.2) is 30.4 Å². The zero-order valence-electron chi connectivity index (χ0n) is 12.1.